The Kier molecular flexibility index (Phi) is 4.10. The fraction of sp³-hybridized carbons (Fsp3) is 0.250. The van der Waals surface area contributed by atoms with Crippen molar-refractivity contribution in [3.05, 3.63) is 58.1 Å². The molecular weight excluding hydrogens is 340 g/mol. The van der Waals surface area contributed by atoms with E-state index >= 15 is 0 Å². The van der Waals surface area contributed by atoms with Gasteiger partial charge in [0.2, 0.25) is 0 Å². The number of hydrogen-bond donors (Lipinski definition) is 1. The van der Waals surface area contributed by atoms with E-state index in [0.29, 0.717) is 12.3 Å². The van der Waals surface area contributed by atoms with Gasteiger partial charge in [-0.2, -0.15) is 0 Å². The summed E-state index contributed by atoms with van der Waals surface area (Å²) < 4.78 is 33.0. The van der Waals surface area contributed by atoms with Gasteiger partial charge in [0.05, 0.1) is 12.6 Å². The van der Waals surface area contributed by atoms with Crippen LogP contribution in [0.5, 0.6) is 5.75 Å². The van der Waals surface area contributed by atoms with Crippen molar-refractivity contribution in [3.63, 3.8) is 0 Å². The number of hydrogen-bond acceptors (Lipinski definition) is 2. The van der Waals surface area contributed by atoms with Gasteiger partial charge < -0.3 is 10.1 Å². The molecule has 0 amide bonds. The molecule has 1 heterocycles. The molecular formula is C16H14BrF2NO. The summed E-state index contributed by atoms with van der Waals surface area (Å²) in [5.74, 6) is -0.864. The zero-order chi connectivity index (χ0) is 14.8. The van der Waals surface area contributed by atoms with Crippen molar-refractivity contribution in [3.8, 4) is 5.75 Å². The molecule has 2 nitrogen and oxygen atoms in total. The molecule has 0 fully saturated rings. The maximum absolute atomic E-state index is 13.3. The van der Waals surface area contributed by atoms with Gasteiger partial charge in [-0.1, -0.05) is 22.0 Å². The van der Waals surface area contributed by atoms with Gasteiger partial charge in [0, 0.05) is 21.8 Å². The Hall–Kier alpha value is -1.62. The second-order valence-corrected chi connectivity index (χ2v) is 5.91. The maximum Gasteiger partial charge on any atom is 0.160 e. The van der Waals surface area contributed by atoms with Crippen molar-refractivity contribution in [2.24, 2.45) is 0 Å². The van der Waals surface area contributed by atoms with Gasteiger partial charge >= 0.3 is 0 Å². The number of rotatable bonds is 2. The van der Waals surface area contributed by atoms with Gasteiger partial charge in [-0.05, 0) is 37.1 Å². The van der Waals surface area contributed by atoms with Crippen molar-refractivity contribution in [1.82, 2.24) is 0 Å². The van der Waals surface area contributed by atoms with Crippen molar-refractivity contribution in [2.45, 2.75) is 18.9 Å². The van der Waals surface area contributed by atoms with Gasteiger partial charge in [0.1, 0.15) is 5.75 Å². The van der Waals surface area contributed by atoms with Crippen LogP contribution in [0.1, 0.15) is 24.4 Å². The highest BCUT2D eigenvalue weighted by Gasteiger charge is 2.20. The van der Waals surface area contributed by atoms with E-state index in [0.717, 1.165) is 34.7 Å². The van der Waals surface area contributed by atoms with Gasteiger partial charge in [-0.15, -0.1) is 0 Å². The van der Waals surface area contributed by atoms with Crippen molar-refractivity contribution >= 4 is 21.6 Å². The smallest absolute Gasteiger partial charge is 0.160 e. The Morgan fingerprint density at radius 1 is 1.10 bits per heavy atom. The van der Waals surface area contributed by atoms with Gasteiger partial charge in [-0.3, -0.25) is 0 Å². The highest BCUT2D eigenvalue weighted by atomic mass is 79.9. The van der Waals surface area contributed by atoms with Crippen LogP contribution in [0.25, 0.3) is 0 Å². The highest BCUT2D eigenvalue weighted by molar-refractivity contribution is 9.10. The predicted octanol–water partition coefficient (Wildman–Crippen LogP) is 5.05. The topological polar surface area (TPSA) is 21.3 Å². The summed E-state index contributed by atoms with van der Waals surface area (Å²) in [4.78, 5) is 0. The lowest BCUT2D eigenvalue weighted by Gasteiger charge is -2.20. The molecule has 1 atom stereocenters. The fourth-order valence-electron chi connectivity index (χ4n) is 2.48. The first kappa shape index (κ1) is 14.3. The van der Waals surface area contributed by atoms with Crippen molar-refractivity contribution < 1.29 is 13.5 Å². The number of benzene rings is 2. The quantitative estimate of drug-likeness (QED) is 0.815. The average Bonchev–Trinajstić information content (AvgIpc) is 2.65. The Labute approximate surface area is 130 Å². The molecule has 0 aromatic heterocycles. The van der Waals surface area contributed by atoms with Crippen LogP contribution in [0.4, 0.5) is 14.5 Å². The number of halogens is 3. The molecule has 21 heavy (non-hydrogen) atoms. The third-order valence-electron chi connectivity index (χ3n) is 3.51. The average molecular weight is 354 g/mol. The zero-order valence-electron chi connectivity index (χ0n) is 11.2. The van der Waals surface area contributed by atoms with Crippen LogP contribution >= 0.6 is 15.9 Å². The van der Waals surface area contributed by atoms with E-state index in [-0.39, 0.29) is 6.04 Å². The lowest BCUT2D eigenvalue weighted by atomic mass is 10.0. The largest absolute Gasteiger partial charge is 0.493 e. The molecule has 0 bridgehead atoms. The van der Waals surface area contributed by atoms with E-state index < -0.39 is 11.6 Å². The van der Waals surface area contributed by atoms with E-state index in [2.05, 4.69) is 21.2 Å². The first-order valence-corrected chi connectivity index (χ1v) is 7.56. The Balaban J connectivity index is 1.90. The second-order valence-electron chi connectivity index (χ2n) is 5.00. The number of anilines is 1. The second kappa shape index (κ2) is 6.02. The van der Waals surface area contributed by atoms with Crippen LogP contribution in [0.2, 0.25) is 0 Å². The van der Waals surface area contributed by atoms with Crippen LogP contribution in [0.3, 0.4) is 0 Å². The fourth-order valence-corrected chi connectivity index (χ4v) is 2.82. The molecule has 2 aromatic rings. The van der Waals surface area contributed by atoms with Crippen LogP contribution < -0.4 is 10.1 Å². The summed E-state index contributed by atoms with van der Waals surface area (Å²) in [5, 5.41) is 3.26. The standard InChI is InChI=1S/C16H14BrF2NO/c17-10-3-5-12-15(2-1-7-21-16(12)8-10)20-11-4-6-13(18)14(19)9-11/h3-6,8-9,15,20H,1-2,7H2. The molecule has 0 saturated heterocycles. The van der Waals surface area contributed by atoms with E-state index in [1.165, 1.54) is 6.07 Å². The number of fused-ring (bicyclic) bond motifs is 1. The summed E-state index contributed by atoms with van der Waals surface area (Å²) >= 11 is 3.43. The van der Waals surface area contributed by atoms with E-state index in [1.807, 2.05) is 18.2 Å². The first-order valence-electron chi connectivity index (χ1n) is 6.77. The monoisotopic (exact) mass is 353 g/mol. The van der Waals surface area contributed by atoms with Crippen LogP contribution in [0.15, 0.2) is 40.9 Å². The highest BCUT2D eigenvalue weighted by Crippen LogP contribution is 2.35. The van der Waals surface area contributed by atoms with Crippen LogP contribution in [0, 0.1) is 11.6 Å². The molecule has 5 heteroatoms. The summed E-state index contributed by atoms with van der Waals surface area (Å²) in [6, 6.07) is 9.74. The van der Waals surface area contributed by atoms with E-state index in [4.69, 9.17) is 4.74 Å². The first-order chi connectivity index (χ1) is 10.1. The Morgan fingerprint density at radius 3 is 2.76 bits per heavy atom. The molecule has 2 aromatic carbocycles. The Morgan fingerprint density at radius 2 is 1.95 bits per heavy atom. The van der Waals surface area contributed by atoms with Crippen molar-refractivity contribution in [2.75, 3.05) is 11.9 Å². The predicted molar refractivity (Wildman–Crippen MR) is 81.6 cm³/mol. The normalized spacial score (nSPS) is 17.6. The molecule has 0 radical (unpaired) electrons. The minimum absolute atomic E-state index is 0.0143. The molecule has 0 aliphatic carbocycles. The van der Waals surface area contributed by atoms with Gasteiger partial charge in [0.15, 0.2) is 11.6 Å². The Bertz CT molecular complexity index is 663. The van der Waals surface area contributed by atoms with Crippen LogP contribution in [-0.4, -0.2) is 6.61 Å². The van der Waals surface area contributed by atoms with E-state index in [9.17, 15) is 8.78 Å². The van der Waals surface area contributed by atoms with E-state index in [1.54, 1.807) is 6.07 Å². The zero-order valence-corrected chi connectivity index (χ0v) is 12.8. The third-order valence-corrected chi connectivity index (χ3v) is 4.00. The van der Waals surface area contributed by atoms with Crippen LogP contribution in [-0.2, 0) is 0 Å². The molecule has 110 valence electrons. The molecule has 1 unspecified atom stereocenters. The molecule has 3 rings (SSSR count). The summed E-state index contributed by atoms with van der Waals surface area (Å²) in [5.41, 5.74) is 1.59. The van der Waals surface area contributed by atoms with Crippen molar-refractivity contribution in [1.29, 1.82) is 0 Å². The number of ether oxygens (including phenoxy) is 1. The van der Waals surface area contributed by atoms with Gasteiger partial charge in [0.25, 0.3) is 0 Å². The van der Waals surface area contributed by atoms with Gasteiger partial charge in [-0.25, -0.2) is 8.78 Å². The lowest BCUT2D eigenvalue weighted by molar-refractivity contribution is 0.316. The maximum atomic E-state index is 13.3. The molecule has 1 aliphatic rings. The number of nitrogens with one attached hydrogen (secondary N) is 1. The molecule has 1 aliphatic heterocycles. The minimum Gasteiger partial charge on any atom is -0.493 e. The minimum atomic E-state index is -0.846. The molecule has 0 saturated carbocycles. The molecule has 0 spiro atoms. The lowest BCUT2D eigenvalue weighted by Crippen LogP contribution is -2.10. The summed E-state index contributed by atoms with van der Waals surface area (Å²) in [6.45, 7) is 0.652. The summed E-state index contributed by atoms with van der Waals surface area (Å²) in [6.07, 6.45) is 1.77. The third kappa shape index (κ3) is 3.18. The summed E-state index contributed by atoms with van der Waals surface area (Å²) in [7, 11) is 0. The SMILES string of the molecule is Fc1ccc(NC2CCCOc3cc(Br)ccc32)cc1F. The molecule has 1 N–H and O–H groups in total.